The predicted octanol–water partition coefficient (Wildman–Crippen LogP) is 2.29. The molecule has 0 aliphatic carbocycles. The van der Waals surface area contributed by atoms with Crippen LogP contribution in [0.15, 0.2) is 0 Å². The van der Waals surface area contributed by atoms with E-state index in [0.29, 0.717) is 5.92 Å². The smallest absolute Gasteiger partial charge is 0.408 e. The van der Waals surface area contributed by atoms with Crippen molar-refractivity contribution < 1.29 is 9.53 Å². The lowest BCUT2D eigenvalue weighted by atomic mass is 9.78. The SMILES string of the molecule is CC(C)C1(NC(=O)OC(C)(C)C)CCNCC1. The highest BCUT2D eigenvalue weighted by atomic mass is 16.6. The Labute approximate surface area is 104 Å². The largest absolute Gasteiger partial charge is 0.444 e. The van der Waals surface area contributed by atoms with Crippen molar-refractivity contribution in [3.63, 3.8) is 0 Å². The summed E-state index contributed by atoms with van der Waals surface area (Å²) in [6.45, 7) is 11.9. The Hall–Kier alpha value is -0.770. The zero-order valence-electron chi connectivity index (χ0n) is 11.7. The molecule has 1 aliphatic heterocycles. The zero-order chi connectivity index (χ0) is 13.1. The highest BCUT2D eigenvalue weighted by molar-refractivity contribution is 5.68. The maximum atomic E-state index is 11.9. The Morgan fingerprint density at radius 3 is 2.24 bits per heavy atom. The summed E-state index contributed by atoms with van der Waals surface area (Å²) in [7, 11) is 0. The minimum absolute atomic E-state index is 0.117. The summed E-state index contributed by atoms with van der Waals surface area (Å²) in [5.74, 6) is 0.414. The summed E-state index contributed by atoms with van der Waals surface area (Å²) in [5, 5.41) is 6.41. The molecule has 4 nitrogen and oxygen atoms in total. The molecule has 100 valence electrons. The molecule has 0 radical (unpaired) electrons. The molecular formula is C13H26N2O2. The molecule has 0 aromatic heterocycles. The van der Waals surface area contributed by atoms with Crippen LogP contribution in [0, 0.1) is 5.92 Å². The molecule has 2 N–H and O–H groups in total. The Balaban J connectivity index is 2.64. The van der Waals surface area contributed by atoms with Crippen molar-refractivity contribution in [2.24, 2.45) is 5.92 Å². The van der Waals surface area contributed by atoms with Crippen LogP contribution in [0.25, 0.3) is 0 Å². The second-order valence-corrected chi connectivity index (χ2v) is 6.19. The number of ether oxygens (including phenoxy) is 1. The Bertz CT molecular complexity index is 263. The standard InChI is InChI=1S/C13H26N2O2/c1-10(2)13(6-8-14-9-7-13)15-11(16)17-12(3,4)5/h10,14H,6-9H2,1-5H3,(H,15,16). The highest BCUT2D eigenvalue weighted by Crippen LogP contribution is 2.27. The van der Waals surface area contributed by atoms with Crippen LogP contribution in [0.1, 0.15) is 47.5 Å². The van der Waals surface area contributed by atoms with E-state index >= 15 is 0 Å². The van der Waals surface area contributed by atoms with Crippen molar-refractivity contribution in [1.82, 2.24) is 10.6 Å². The molecule has 4 heteroatoms. The van der Waals surface area contributed by atoms with Crippen molar-refractivity contribution in [1.29, 1.82) is 0 Å². The zero-order valence-corrected chi connectivity index (χ0v) is 11.7. The third kappa shape index (κ3) is 4.19. The van der Waals surface area contributed by atoms with Crippen LogP contribution < -0.4 is 10.6 Å². The molecular weight excluding hydrogens is 216 g/mol. The Morgan fingerprint density at radius 1 is 1.29 bits per heavy atom. The van der Waals surface area contributed by atoms with Gasteiger partial charge in [-0.1, -0.05) is 13.8 Å². The van der Waals surface area contributed by atoms with Crippen molar-refractivity contribution in [2.75, 3.05) is 13.1 Å². The average Bonchev–Trinajstić information content (AvgIpc) is 2.15. The van der Waals surface area contributed by atoms with E-state index in [0.717, 1.165) is 25.9 Å². The maximum Gasteiger partial charge on any atom is 0.408 e. The van der Waals surface area contributed by atoms with Gasteiger partial charge >= 0.3 is 6.09 Å². The van der Waals surface area contributed by atoms with Gasteiger partial charge in [0.05, 0.1) is 0 Å². The average molecular weight is 242 g/mol. The lowest BCUT2D eigenvalue weighted by molar-refractivity contribution is 0.0381. The number of carbonyl (C=O) groups excluding carboxylic acids is 1. The topological polar surface area (TPSA) is 50.4 Å². The van der Waals surface area contributed by atoms with Crippen LogP contribution in [0.2, 0.25) is 0 Å². The number of rotatable bonds is 2. The van der Waals surface area contributed by atoms with Crippen LogP contribution in [-0.4, -0.2) is 30.3 Å². The number of carbonyl (C=O) groups is 1. The molecule has 0 aromatic carbocycles. The minimum Gasteiger partial charge on any atom is -0.444 e. The van der Waals surface area contributed by atoms with Crippen molar-refractivity contribution in [2.45, 2.75) is 58.6 Å². The number of nitrogens with one attached hydrogen (secondary N) is 2. The van der Waals surface area contributed by atoms with E-state index in [1.54, 1.807) is 0 Å². The van der Waals surface area contributed by atoms with Crippen molar-refractivity contribution in [3.8, 4) is 0 Å². The van der Waals surface area contributed by atoms with E-state index in [-0.39, 0.29) is 11.6 Å². The van der Waals surface area contributed by atoms with Gasteiger partial charge in [0.15, 0.2) is 0 Å². The third-order valence-corrected chi connectivity index (χ3v) is 3.35. The summed E-state index contributed by atoms with van der Waals surface area (Å²) in [5.41, 5.74) is -0.553. The quantitative estimate of drug-likeness (QED) is 0.781. The summed E-state index contributed by atoms with van der Waals surface area (Å²) >= 11 is 0. The molecule has 0 atom stereocenters. The van der Waals surface area contributed by atoms with Gasteiger partial charge in [-0.25, -0.2) is 4.79 Å². The van der Waals surface area contributed by atoms with E-state index in [1.165, 1.54) is 0 Å². The molecule has 0 aromatic rings. The second kappa shape index (κ2) is 5.25. The van der Waals surface area contributed by atoms with Gasteiger partial charge in [0, 0.05) is 5.54 Å². The lowest BCUT2D eigenvalue weighted by Crippen LogP contribution is -2.58. The van der Waals surface area contributed by atoms with Crippen molar-refractivity contribution in [3.05, 3.63) is 0 Å². The fourth-order valence-corrected chi connectivity index (χ4v) is 2.23. The summed E-state index contributed by atoms with van der Waals surface area (Å²) in [4.78, 5) is 11.9. The summed E-state index contributed by atoms with van der Waals surface area (Å²) in [6.07, 6.45) is 1.63. The Kier molecular flexibility index (Phi) is 4.42. The molecule has 1 fully saturated rings. The van der Waals surface area contributed by atoms with E-state index in [9.17, 15) is 4.79 Å². The molecule has 0 spiro atoms. The van der Waals surface area contributed by atoms with Crippen LogP contribution in [-0.2, 0) is 4.74 Å². The molecule has 0 saturated carbocycles. The van der Waals surface area contributed by atoms with Crippen LogP contribution in [0.4, 0.5) is 4.79 Å². The number of alkyl carbamates (subject to hydrolysis) is 1. The minimum atomic E-state index is -0.435. The van der Waals surface area contributed by atoms with Gasteiger partial charge in [-0.2, -0.15) is 0 Å². The van der Waals surface area contributed by atoms with E-state index in [2.05, 4.69) is 24.5 Å². The van der Waals surface area contributed by atoms with Gasteiger partial charge < -0.3 is 15.4 Å². The Morgan fingerprint density at radius 2 is 1.82 bits per heavy atom. The second-order valence-electron chi connectivity index (χ2n) is 6.19. The molecule has 1 rings (SSSR count). The van der Waals surface area contributed by atoms with Crippen LogP contribution >= 0.6 is 0 Å². The first-order valence-electron chi connectivity index (χ1n) is 6.47. The van der Waals surface area contributed by atoms with Gasteiger partial charge in [-0.15, -0.1) is 0 Å². The van der Waals surface area contributed by atoms with Gasteiger partial charge in [0.25, 0.3) is 0 Å². The van der Waals surface area contributed by atoms with E-state index in [4.69, 9.17) is 4.74 Å². The van der Waals surface area contributed by atoms with Crippen molar-refractivity contribution >= 4 is 6.09 Å². The van der Waals surface area contributed by atoms with E-state index in [1.807, 2.05) is 20.8 Å². The molecule has 1 amide bonds. The molecule has 1 aliphatic rings. The predicted molar refractivity (Wildman–Crippen MR) is 69.0 cm³/mol. The first-order valence-corrected chi connectivity index (χ1v) is 6.47. The number of hydrogen-bond donors (Lipinski definition) is 2. The van der Waals surface area contributed by atoms with Crippen LogP contribution in [0.3, 0.4) is 0 Å². The first-order chi connectivity index (χ1) is 7.75. The summed E-state index contributed by atoms with van der Waals surface area (Å²) in [6, 6.07) is 0. The number of piperidine rings is 1. The fourth-order valence-electron chi connectivity index (χ4n) is 2.23. The summed E-state index contributed by atoms with van der Waals surface area (Å²) < 4.78 is 5.35. The van der Waals surface area contributed by atoms with Crippen LogP contribution in [0.5, 0.6) is 0 Å². The van der Waals surface area contributed by atoms with Gasteiger partial charge in [-0.3, -0.25) is 0 Å². The fraction of sp³-hybridized carbons (Fsp3) is 0.923. The molecule has 0 unspecified atom stereocenters. The molecule has 17 heavy (non-hydrogen) atoms. The third-order valence-electron chi connectivity index (χ3n) is 3.35. The number of hydrogen-bond acceptors (Lipinski definition) is 3. The molecule has 1 heterocycles. The van der Waals surface area contributed by atoms with Gasteiger partial charge in [0.2, 0.25) is 0 Å². The number of amides is 1. The maximum absolute atomic E-state index is 11.9. The molecule has 1 saturated heterocycles. The normalized spacial score (nSPS) is 20.1. The van der Waals surface area contributed by atoms with Gasteiger partial charge in [-0.05, 0) is 52.6 Å². The monoisotopic (exact) mass is 242 g/mol. The van der Waals surface area contributed by atoms with E-state index < -0.39 is 5.60 Å². The first kappa shape index (κ1) is 14.3. The van der Waals surface area contributed by atoms with Gasteiger partial charge in [0.1, 0.15) is 5.60 Å². The molecule has 0 bridgehead atoms. The lowest BCUT2D eigenvalue weighted by Gasteiger charge is -2.42. The highest BCUT2D eigenvalue weighted by Gasteiger charge is 2.37.